The van der Waals surface area contributed by atoms with E-state index in [-0.39, 0.29) is 18.2 Å². The summed E-state index contributed by atoms with van der Waals surface area (Å²) in [6.45, 7) is -2.81. The van der Waals surface area contributed by atoms with Gasteiger partial charge in [-0.1, -0.05) is 0 Å². The van der Waals surface area contributed by atoms with E-state index in [0.29, 0.717) is 5.69 Å². The molecular formula is C12H10BrF2N3O2. The van der Waals surface area contributed by atoms with Gasteiger partial charge in [0.1, 0.15) is 12.3 Å². The number of carbonyl (C=O) groups is 1. The zero-order valence-electron chi connectivity index (χ0n) is 10.1. The topological polar surface area (TPSA) is 56.2 Å². The van der Waals surface area contributed by atoms with Crippen LogP contribution in [0.5, 0.6) is 5.75 Å². The van der Waals surface area contributed by atoms with Gasteiger partial charge in [0.05, 0.1) is 10.7 Å². The maximum Gasteiger partial charge on any atom is 0.387 e. The molecule has 0 fully saturated rings. The van der Waals surface area contributed by atoms with Gasteiger partial charge in [-0.2, -0.15) is 13.9 Å². The fraction of sp³-hybridized carbons (Fsp3) is 0.167. The molecule has 1 heterocycles. The summed E-state index contributed by atoms with van der Waals surface area (Å²) < 4.78 is 30.4. The summed E-state index contributed by atoms with van der Waals surface area (Å²) in [7, 11) is 0. The molecule has 1 aromatic carbocycles. The average molecular weight is 346 g/mol. The predicted molar refractivity (Wildman–Crippen MR) is 71.6 cm³/mol. The standard InChI is InChI=1S/C12H10BrF2N3O2/c13-8-5-16-18(6-8)7-11(19)17-9-1-3-10(4-2-9)20-12(14)15/h1-6,12H,7H2,(H,17,19). The van der Waals surface area contributed by atoms with Crippen molar-refractivity contribution in [1.82, 2.24) is 9.78 Å². The molecule has 5 nitrogen and oxygen atoms in total. The number of amides is 1. The molecule has 20 heavy (non-hydrogen) atoms. The van der Waals surface area contributed by atoms with Crippen LogP contribution in [0.15, 0.2) is 41.1 Å². The van der Waals surface area contributed by atoms with Crippen molar-refractivity contribution in [3.63, 3.8) is 0 Å². The number of aromatic nitrogens is 2. The first-order valence-corrected chi connectivity index (χ1v) is 6.35. The smallest absolute Gasteiger partial charge is 0.387 e. The van der Waals surface area contributed by atoms with E-state index in [1.807, 2.05) is 0 Å². The summed E-state index contributed by atoms with van der Waals surface area (Å²) in [4.78, 5) is 11.7. The largest absolute Gasteiger partial charge is 0.435 e. The lowest BCUT2D eigenvalue weighted by atomic mass is 10.3. The second-order valence-corrected chi connectivity index (χ2v) is 4.72. The molecule has 1 aromatic heterocycles. The summed E-state index contributed by atoms with van der Waals surface area (Å²) in [6, 6.07) is 5.67. The second-order valence-electron chi connectivity index (χ2n) is 3.81. The van der Waals surface area contributed by atoms with Gasteiger partial charge < -0.3 is 10.1 Å². The number of rotatable bonds is 5. The Morgan fingerprint density at radius 1 is 1.40 bits per heavy atom. The van der Waals surface area contributed by atoms with E-state index in [2.05, 4.69) is 31.1 Å². The molecule has 0 aliphatic rings. The number of hydrogen-bond donors (Lipinski definition) is 1. The first-order valence-electron chi connectivity index (χ1n) is 5.55. The molecule has 0 saturated carbocycles. The van der Waals surface area contributed by atoms with Crippen LogP contribution in [-0.4, -0.2) is 22.3 Å². The molecular weight excluding hydrogens is 336 g/mol. The number of hydrogen-bond acceptors (Lipinski definition) is 3. The number of nitrogens with zero attached hydrogens (tertiary/aromatic N) is 2. The summed E-state index contributed by atoms with van der Waals surface area (Å²) in [5.74, 6) is -0.239. The van der Waals surface area contributed by atoms with E-state index in [1.165, 1.54) is 28.9 Å². The first-order chi connectivity index (χ1) is 9.52. The number of alkyl halides is 2. The highest BCUT2D eigenvalue weighted by molar-refractivity contribution is 9.10. The summed E-state index contributed by atoms with van der Waals surface area (Å²) in [5, 5.41) is 6.57. The Morgan fingerprint density at radius 2 is 2.10 bits per heavy atom. The molecule has 0 radical (unpaired) electrons. The molecule has 0 atom stereocenters. The Kier molecular flexibility index (Phi) is 4.67. The van der Waals surface area contributed by atoms with Crippen LogP contribution in [0, 0.1) is 0 Å². The fourth-order valence-electron chi connectivity index (χ4n) is 1.49. The molecule has 1 N–H and O–H groups in total. The van der Waals surface area contributed by atoms with Gasteiger partial charge >= 0.3 is 6.61 Å². The van der Waals surface area contributed by atoms with Crippen molar-refractivity contribution in [2.75, 3.05) is 5.32 Å². The third-order valence-corrected chi connectivity index (χ3v) is 2.68. The van der Waals surface area contributed by atoms with Gasteiger partial charge in [0.15, 0.2) is 0 Å². The van der Waals surface area contributed by atoms with E-state index in [1.54, 1.807) is 12.4 Å². The minimum absolute atomic E-state index is 0.0361. The molecule has 8 heteroatoms. The molecule has 0 aliphatic heterocycles. The summed E-state index contributed by atoms with van der Waals surface area (Å²) in [5.41, 5.74) is 0.489. The van der Waals surface area contributed by atoms with Crippen LogP contribution in [0.4, 0.5) is 14.5 Å². The lowest BCUT2D eigenvalue weighted by molar-refractivity contribution is -0.116. The zero-order chi connectivity index (χ0) is 14.5. The van der Waals surface area contributed by atoms with Crippen molar-refractivity contribution in [2.24, 2.45) is 0 Å². The molecule has 0 bridgehead atoms. The van der Waals surface area contributed by atoms with Crippen molar-refractivity contribution in [1.29, 1.82) is 0 Å². The molecule has 1 amide bonds. The number of carbonyl (C=O) groups excluding carboxylic acids is 1. The van der Waals surface area contributed by atoms with Crippen LogP contribution >= 0.6 is 15.9 Å². The van der Waals surface area contributed by atoms with Crippen LogP contribution in [0.25, 0.3) is 0 Å². The number of benzene rings is 1. The molecule has 106 valence electrons. The van der Waals surface area contributed by atoms with E-state index >= 15 is 0 Å². The fourth-order valence-corrected chi connectivity index (χ4v) is 1.82. The second kappa shape index (κ2) is 6.47. The number of ether oxygens (including phenoxy) is 1. The molecule has 2 rings (SSSR count). The monoisotopic (exact) mass is 345 g/mol. The molecule has 0 spiro atoms. The number of halogens is 3. The lowest BCUT2D eigenvalue weighted by Crippen LogP contribution is -2.18. The van der Waals surface area contributed by atoms with Crippen molar-refractivity contribution < 1.29 is 18.3 Å². The van der Waals surface area contributed by atoms with E-state index in [0.717, 1.165) is 4.47 Å². The quantitative estimate of drug-likeness (QED) is 0.906. The maximum absolute atomic E-state index is 12.0. The Bertz CT molecular complexity index is 587. The number of nitrogens with one attached hydrogen (secondary N) is 1. The van der Waals surface area contributed by atoms with Crippen molar-refractivity contribution >= 4 is 27.5 Å². The van der Waals surface area contributed by atoms with Gasteiger partial charge in [0.25, 0.3) is 0 Å². The van der Waals surface area contributed by atoms with Gasteiger partial charge in [-0.3, -0.25) is 9.48 Å². The van der Waals surface area contributed by atoms with Crippen molar-refractivity contribution in [2.45, 2.75) is 13.2 Å². The van der Waals surface area contributed by atoms with Gasteiger partial charge in [-0.25, -0.2) is 0 Å². The average Bonchev–Trinajstić information content (AvgIpc) is 2.76. The third kappa shape index (κ3) is 4.30. The van der Waals surface area contributed by atoms with Crippen LogP contribution < -0.4 is 10.1 Å². The minimum atomic E-state index is -2.87. The normalized spacial score (nSPS) is 10.6. The Morgan fingerprint density at radius 3 is 2.65 bits per heavy atom. The zero-order valence-corrected chi connectivity index (χ0v) is 11.7. The maximum atomic E-state index is 12.0. The number of anilines is 1. The van der Waals surface area contributed by atoms with Crippen LogP contribution in [-0.2, 0) is 11.3 Å². The predicted octanol–water partition coefficient (Wildman–Crippen LogP) is 2.89. The summed E-state index contributed by atoms with van der Waals surface area (Å²) in [6.07, 6.45) is 3.24. The van der Waals surface area contributed by atoms with Gasteiger partial charge in [0.2, 0.25) is 5.91 Å². The van der Waals surface area contributed by atoms with Gasteiger partial charge in [-0.15, -0.1) is 0 Å². The highest BCUT2D eigenvalue weighted by atomic mass is 79.9. The Labute approximate surface area is 121 Å². The lowest BCUT2D eigenvalue weighted by Gasteiger charge is -2.07. The highest BCUT2D eigenvalue weighted by Crippen LogP contribution is 2.17. The highest BCUT2D eigenvalue weighted by Gasteiger charge is 2.06. The van der Waals surface area contributed by atoms with E-state index < -0.39 is 6.61 Å². The van der Waals surface area contributed by atoms with E-state index in [9.17, 15) is 13.6 Å². The van der Waals surface area contributed by atoms with Crippen LogP contribution in [0.2, 0.25) is 0 Å². The van der Waals surface area contributed by atoms with Crippen molar-refractivity contribution in [3.05, 3.63) is 41.1 Å². The van der Waals surface area contributed by atoms with Crippen LogP contribution in [0.3, 0.4) is 0 Å². The van der Waals surface area contributed by atoms with E-state index in [4.69, 9.17) is 0 Å². The third-order valence-electron chi connectivity index (χ3n) is 2.27. The summed E-state index contributed by atoms with van der Waals surface area (Å²) >= 11 is 3.23. The minimum Gasteiger partial charge on any atom is -0.435 e. The Balaban J connectivity index is 1.91. The Hall–Kier alpha value is -1.96. The molecule has 0 saturated heterocycles. The van der Waals surface area contributed by atoms with Gasteiger partial charge in [0, 0.05) is 11.9 Å². The van der Waals surface area contributed by atoms with Crippen LogP contribution in [0.1, 0.15) is 0 Å². The molecule has 2 aromatic rings. The SMILES string of the molecule is O=C(Cn1cc(Br)cn1)Nc1ccc(OC(F)F)cc1. The van der Waals surface area contributed by atoms with Crippen molar-refractivity contribution in [3.8, 4) is 5.75 Å². The molecule has 0 aliphatic carbocycles. The first kappa shape index (κ1) is 14.4. The van der Waals surface area contributed by atoms with Gasteiger partial charge in [-0.05, 0) is 40.2 Å². The molecule has 0 unspecified atom stereocenters.